The number of aryl methyl sites for hydroxylation is 1. The Morgan fingerprint density at radius 3 is 3.00 bits per heavy atom. The molecular formula is C13H21N3S. The van der Waals surface area contributed by atoms with Crippen molar-refractivity contribution in [3.8, 4) is 0 Å². The first-order valence-electron chi connectivity index (χ1n) is 6.62. The number of rotatable bonds is 4. The molecule has 0 aromatic carbocycles. The summed E-state index contributed by atoms with van der Waals surface area (Å²) in [6, 6.07) is 2.32. The first kappa shape index (κ1) is 11.6. The van der Waals surface area contributed by atoms with Gasteiger partial charge in [-0.2, -0.15) is 0 Å². The highest BCUT2D eigenvalue weighted by atomic mass is 32.1. The van der Waals surface area contributed by atoms with Crippen molar-refractivity contribution in [2.24, 2.45) is 0 Å². The van der Waals surface area contributed by atoms with Crippen molar-refractivity contribution < 1.29 is 0 Å². The maximum Gasteiger partial charge on any atom is 0.0897 e. The largest absolute Gasteiger partial charge is 0.307 e. The highest BCUT2D eigenvalue weighted by Crippen LogP contribution is 2.33. The number of nitrogens with zero attached hydrogens (tertiary/aromatic N) is 2. The average molecular weight is 251 g/mol. The zero-order chi connectivity index (χ0) is 11.8. The fourth-order valence-corrected chi connectivity index (χ4v) is 3.47. The lowest BCUT2D eigenvalue weighted by Crippen LogP contribution is -2.33. The van der Waals surface area contributed by atoms with Crippen LogP contribution < -0.4 is 5.32 Å². The molecule has 1 aromatic rings. The molecule has 1 aliphatic carbocycles. The highest BCUT2D eigenvalue weighted by Gasteiger charge is 2.38. The van der Waals surface area contributed by atoms with E-state index in [9.17, 15) is 0 Å². The first-order chi connectivity index (χ1) is 8.22. The lowest BCUT2D eigenvalue weighted by molar-refractivity contribution is 0.255. The minimum absolute atomic E-state index is 0.660. The van der Waals surface area contributed by atoms with Crippen LogP contribution >= 0.6 is 11.3 Å². The van der Waals surface area contributed by atoms with Crippen LogP contribution in [0.15, 0.2) is 5.38 Å². The predicted molar refractivity (Wildman–Crippen MR) is 71.3 cm³/mol. The summed E-state index contributed by atoms with van der Waals surface area (Å²) >= 11 is 1.74. The molecule has 1 aromatic heterocycles. The molecule has 3 nitrogen and oxygen atoms in total. The van der Waals surface area contributed by atoms with Gasteiger partial charge in [-0.3, -0.25) is 4.90 Å². The van der Waals surface area contributed by atoms with Gasteiger partial charge in [0.15, 0.2) is 0 Å². The Morgan fingerprint density at radius 1 is 1.53 bits per heavy atom. The molecule has 3 rings (SSSR count). The summed E-state index contributed by atoms with van der Waals surface area (Å²) in [7, 11) is 0. The van der Waals surface area contributed by atoms with Crippen molar-refractivity contribution in [2.45, 2.75) is 57.8 Å². The molecule has 0 bridgehead atoms. The van der Waals surface area contributed by atoms with Gasteiger partial charge < -0.3 is 5.32 Å². The molecule has 2 aliphatic rings. The van der Waals surface area contributed by atoms with E-state index in [1.165, 1.54) is 36.5 Å². The van der Waals surface area contributed by atoms with Crippen molar-refractivity contribution in [3.63, 3.8) is 0 Å². The molecule has 17 heavy (non-hydrogen) atoms. The Morgan fingerprint density at radius 2 is 2.35 bits per heavy atom. The Bertz CT molecular complexity index is 386. The minimum atomic E-state index is 0.660. The molecule has 1 N–H and O–H groups in total. The third kappa shape index (κ3) is 2.69. The van der Waals surface area contributed by atoms with E-state index in [1.807, 2.05) is 0 Å². The van der Waals surface area contributed by atoms with Gasteiger partial charge in [0.25, 0.3) is 0 Å². The molecule has 1 aliphatic heterocycles. The van der Waals surface area contributed by atoms with Gasteiger partial charge in [0.05, 0.1) is 10.7 Å². The van der Waals surface area contributed by atoms with Gasteiger partial charge in [-0.15, -0.1) is 11.3 Å². The predicted octanol–water partition coefficient (Wildman–Crippen LogP) is 2.17. The van der Waals surface area contributed by atoms with Crippen molar-refractivity contribution >= 4 is 11.3 Å². The number of hydrogen-bond acceptors (Lipinski definition) is 4. The van der Waals surface area contributed by atoms with Gasteiger partial charge in [0.1, 0.15) is 0 Å². The fraction of sp³-hybridized carbons (Fsp3) is 0.769. The molecule has 0 amide bonds. The van der Waals surface area contributed by atoms with E-state index in [0.29, 0.717) is 6.04 Å². The van der Waals surface area contributed by atoms with Crippen LogP contribution in [0.4, 0.5) is 0 Å². The lowest BCUT2D eigenvalue weighted by atomic mass is 10.2. The second-order valence-electron chi connectivity index (χ2n) is 5.45. The number of hydrogen-bond donors (Lipinski definition) is 1. The van der Waals surface area contributed by atoms with Gasteiger partial charge in [-0.25, -0.2) is 4.98 Å². The average Bonchev–Trinajstić information content (AvgIpc) is 2.95. The van der Waals surface area contributed by atoms with E-state index in [0.717, 1.165) is 18.6 Å². The van der Waals surface area contributed by atoms with Crippen LogP contribution in [-0.2, 0) is 6.54 Å². The molecule has 2 unspecified atom stereocenters. The Balaban J connectivity index is 1.49. The van der Waals surface area contributed by atoms with E-state index >= 15 is 0 Å². The van der Waals surface area contributed by atoms with Gasteiger partial charge in [-0.1, -0.05) is 0 Å². The molecule has 1 saturated heterocycles. The van der Waals surface area contributed by atoms with Gasteiger partial charge in [0.2, 0.25) is 0 Å². The maximum atomic E-state index is 4.50. The molecular weight excluding hydrogens is 230 g/mol. The zero-order valence-electron chi connectivity index (χ0n) is 10.6. The second kappa shape index (κ2) is 4.67. The second-order valence-corrected chi connectivity index (χ2v) is 6.51. The zero-order valence-corrected chi connectivity index (χ0v) is 11.5. The molecule has 4 heteroatoms. The molecule has 1 saturated carbocycles. The Kier molecular flexibility index (Phi) is 3.19. The SMILES string of the molecule is Cc1nc(CNC2CC(C)N(C3CC3)C2)cs1. The maximum absolute atomic E-state index is 4.50. The summed E-state index contributed by atoms with van der Waals surface area (Å²) in [6.07, 6.45) is 4.13. The Hall–Kier alpha value is -0.450. The molecule has 2 heterocycles. The summed E-state index contributed by atoms with van der Waals surface area (Å²) in [6.45, 7) is 6.60. The fourth-order valence-electron chi connectivity index (χ4n) is 2.86. The van der Waals surface area contributed by atoms with Gasteiger partial charge >= 0.3 is 0 Å². The smallest absolute Gasteiger partial charge is 0.0897 e. The summed E-state index contributed by atoms with van der Waals surface area (Å²) in [5.41, 5.74) is 1.20. The van der Waals surface area contributed by atoms with Crippen LogP contribution in [0.3, 0.4) is 0 Å². The summed E-state index contributed by atoms with van der Waals surface area (Å²) < 4.78 is 0. The summed E-state index contributed by atoms with van der Waals surface area (Å²) in [5.74, 6) is 0. The van der Waals surface area contributed by atoms with Crippen LogP contribution in [0, 0.1) is 6.92 Å². The third-order valence-electron chi connectivity index (χ3n) is 3.88. The molecule has 2 atom stereocenters. The van der Waals surface area contributed by atoms with E-state index < -0.39 is 0 Å². The topological polar surface area (TPSA) is 28.2 Å². The number of nitrogens with one attached hydrogen (secondary N) is 1. The normalized spacial score (nSPS) is 30.0. The van der Waals surface area contributed by atoms with Crippen LogP contribution in [0.5, 0.6) is 0 Å². The Labute approximate surface area is 107 Å². The summed E-state index contributed by atoms with van der Waals surface area (Å²) in [5, 5.41) is 6.99. The van der Waals surface area contributed by atoms with Crippen LogP contribution in [0.1, 0.15) is 36.9 Å². The van der Waals surface area contributed by atoms with E-state index in [1.54, 1.807) is 11.3 Å². The number of likely N-dealkylation sites (tertiary alicyclic amines) is 1. The van der Waals surface area contributed by atoms with Crippen molar-refractivity contribution in [2.75, 3.05) is 6.54 Å². The molecule has 0 radical (unpaired) electrons. The van der Waals surface area contributed by atoms with Crippen LogP contribution in [-0.4, -0.2) is 34.6 Å². The minimum Gasteiger partial charge on any atom is -0.307 e. The van der Waals surface area contributed by atoms with E-state index in [4.69, 9.17) is 0 Å². The van der Waals surface area contributed by atoms with Crippen LogP contribution in [0.2, 0.25) is 0 Å². The van der Waals surface area contributed by atoms with Crippen molar-refractivity contribution in [3.05, 3.63) is 16.1 Å². The highest BCUT2D eigenvalue weighted by molar-refractivity contribution is 7.09. The van der Waals surface area contributed by atoms with E-state index in [-0.39, 0.29) is 0 Å². The lowest BCUT2D eigenvalue weighted by Gasteiger charge is -2.19. The molecule has 0 spiro atoms. The monoisotopic (exact) mass is 251 g/mol. The molecule has 94 valence electrons. The molecule has 2 fully saturated rings. The number of aromatic nitrogens is 1. The first-order valence-corrected chi connectivity index (χ1v) is 7.50. The van der Waals surface area contributed by atoms with Gasteiger partial charge in [0, 0.05) is 36.6 Å². The third-order valence-corrected chi connectivity index (χ3v) is 4.70. The van der Waals surface area contributed by atoms with Gasteiger partial charge in [-0.05, 0) is 33.1 Å². The van der Waals surface area contributed by atoms with Crippen molar-refractivity contribution in [1.82, 2.24) is 15.2 Å². The van der Waals surface area contributed by atoms with E-state index in [2.05, 4.69) is 34.4 Å². The van der Waals surface area contributed by atoms with Crippen LogP contribution in [0.25, 0.3) is 0 Å². The number of thiazole rings is 1. The standard InChI is InChI=1S/C13H21N3S/c1-9-5-11(7-16(9)13-3-4-13)14-6-12-8-17-10(2)15-12/h8-9,11,13-14H,3-7H2,1-2H3. The quantitative estimate of drug-likeness (QED) is 0.889. The summed E-state index contributed by atoms with van der Waals surface area (Å²) in [4.78, 5) is 7.18. The van der Waals surface area contributed by atoms with Crippen molar-refractivity contribution in [1.29, 1.82) is 0 Å².